The number of amides is 3. The van der Waals surface area contributed by atoms with Gasteiger partial charge in [0.25, 0.3) is 0 Å². The van der Waals surface area contributed by atoms with Gasteiger partial charge < -0.3 is 20.4 Å². The van der Waals surface area contributed by atoms with Crippen LogP contribution >= 0.6 is 0 Å². The molecule has 0 unspecified atom stereocenters. The van der Waals surface area contributed by atoms with Crippen LogP contribution in [0.3, 0.4) is 0 Å². The zero-order valence-electron chi connectivity index (χ0n) is 17.5. The van der Waals surface area contributed by atoms with Crippen molar-refractivity contribution in [1.82, 2.24) is 19.5 Å². The van der Waals surface area contributed by atoms with Crippen molar-refractivity contribution in [2.45, 2.75) is 19.3 Å². The zero-order chi connectivity index (χ0) is 21.7. The molecule has 2 aliphatic heterocycles. The highest BCUT2D eigenvalue weighted by atomic mass is 32.2. The fraction of sp³-hybridized carbons (Fsp3) is 0.632. The SMILES string of the molecule is CNC(=O)CC1CCN(C(=O)Nc2ccc(N3CCN(S(C)(=O)=O)CC3)nc2)CC1. The van der Waals surface area contributed by atoms with Gasteiger partial charge in [-0.05, 0) is 30.9 Å². The first-order valence-electron chi connectivity index (χ1n) is 10.2. The molecular weight excluding hydrogens is 408 g/mol. The Balaban J connectivity index is 1.47. The number of rotatable bonds is 5. The van der Waals surface area contributed by atoms with E-state index in [-0.39, 0.29) is 11.9 Å². The van der Waals surface area contributed by atoms with Crippen LogP contribution in [-0.2, 0) is 14.8 Å². The summed E-state index contributed by atoms with van der Waals surface area (Å²) in [5.41, 5.74) is 0.617. The number of piperidine rings is 1. The summed E-state index contributed by atoms with van der Waals surface area (Å²) >= 11 is 0. The Morgan fingerprint density at radius 2 is 1.77 bits per heavy atom. The maximum Gasteiger partial charge on any atom is 0.321 e. The van der Waals surface area contributed by atoms with Crippen LogP contribution < -0.4 is 15.5 Å². The van der Waals surface area contributed by atoms with E-state index in [4.69, 9.17) is 0 Å². The topological polar surface area (TPSA) is 115 Å². The highest BCUT2D eigenvalue weighted by Crippen LogP contribution is 2.22. The van der Waals surface area contributed by atoms with Crippen LogP contribution in [0.15, 0.2) is 18.3 Å². The average Bonchev–Trinajstić information content (AvgIpc) is 2.74. The molecule has 0 saturated carbocycles. The van der Waals surface area contributed by atoms with Crippen LogP contribution in [0.2, 0.25) is 0 Å². The predicted octanol–water partition coefficient (Wildman–Crippen LogP) is 0.543. The van der Waals surface area contributed by atoms with Crippen LogP contribution in [-0.4, -0.2) is 87.1 Å². The summed E-state index contributed by atoms with van der Waals surface area (Å²) in [5.74, 6) is 1.12. The summed E-state index contributed by atoms with van der Waals surface area (Å²) in [6.45, 7) is 3.30. The molecule has 2 aliphatic rings. The molecule has 3 rings (SSSR count). The summed E-state index contributed by atoms with van der Waals surface area (Å²) in [7, 11) is -1.52. The van der Waals surface area contributed by atoms with E-state index in [1.165, 1.54) is 10.6 Å². The molecular formula is C19H30N6O4S. The van der Waals surface area contributed by atoms with Crippen molar-refractivity contribution in [3.8, 4) is 0 Å². The molecule has 2 N–H and O–H groups in total. The van der Waals surface area contributed by atoms with Gasteiger partial charge in [0, 0.05) is 52.7 Å². The number of urea groups is 1. The van der Waals surface area contributed by atoms with Crippen molar-refractivity contribution >= 4 is 33.5 Å². The lowest BCUT2D eigenvalue weighted by Gasteiger charge is -2.34. The molecule has 0 radical (unpaired) electrons. The fourth-order valence-electron chi connectivity index (χ4n) is 3.80. The third-order valence-corrected chi connectivity index (χ3v) is 6.99. The smallest absolute Gasteiger partial charge is 0.321 e. The molecule has 3 amide bonds. The number of piperazine rings is 1. The highest BCUT2D eigenvalue weighted by molar-refractivity contribution is 7.88. The van der Waals surface area contributed by atoms with Crippen molar-refractivity contribution in [1.29, 1.82) is 0 Å². The van der Waals surface area contributed by atoms with Gasteiger partial charge in [0.2, 0.25) is 15.9 Å². The number of nitrogens with one attached hydrogen (secondary N) is 2. The molecule has 0 bridgehead atoms. The molecule has 2 saturated heterocycles. The molecule has 1 aromatic rings. The second kappa shape index (κ2) is 9.61. The van der Waals surface area contributed by atoms with Gasteiger partial charge in [-0.2, -0.15) is 4.31 Å². The quantitative estimate of drug-likeness (QED) is 0.694. The summed E-state index contributed by atoms with van der Waals surface area (Å²) in [4.78, 5) is 32.2. The van der Waals surface area contributed by atoms with Crippen LogP contribution in [0, 0.1) is 5.92 Å². The van der Waals surface area contributed by atoms with Crippen LogP contribution in [0.1, 0.15) is 19.3 Å². The minimum atomic E-state index is -3.16. The molecule has 10 nitrogen and oxygen atoms in total. The summed E-state index contributed by atoms with van der Waals surface area (Å²) in [6.07, 6.45) is 4.99. The first-order chi connectivity index (χ1) is 14.3. The zero-order valence-corrected chi connectivity index (χ0v) is 18.3. The minimum Gasteiger partial charge on any atom is -0.359 e. The monoisotopic (exact) mass is 438 g/mol. The lowest BCUT2D eigenvalue weighted by atomic mass is 9.93. The highest BCUT2D eigenvalue weighted by Gasteiger charge is 2.25. The van der Waals surface area contributed by atoms with Gasteiger partial charge in [-0.1, -0.05) is 0 Å². The number of carbonyl (C=O) groups is 2. The van der Waals surface area contributed by atoms with E-state index in [2.05, 4.69) is 15.6 Å². The molecule has 0 aromatic carbocycles. The molecule has 0 aliphatic carbocycles. The molecule has 0 spiro atoms. The largest absolute Gasteiger partial charge is 0.359 e. The van der Waals surface area contributed by atoms with Crippen molar-refractivity contribution in [2.75, 3.05) is 62.8 Å². The lowest BCUT2D eigenvalue weighted by molar-refractivity contribution is -0.121. The molecule has 0 atom stereocenters. The van der Waals surface area contributed by atoms with E-state index in [0.29, 0.717) is 57.3 Å². The van der Waals surface area contributed by atoms with E-state index < -0.39 is 10.0 Å². The Morgan fingerprint density at radius 3 is 2.30 bits per heavy atom. The predicted molar refractivity (Wildman–Crippen MR) is 115 cm³/mol. The van der Waals surface area contributed by atoms with E-state index in [1.54, 1.807) is 18.1 Å². The van der Waals surface area contributed by atoms with Gasteiger partial charge in [0.05, 0.1) is 18.1 Å². The van der Waals surface area contributed by atoms with Crippen molar-refractivity contribution in [3.05, 3.63) is 18.3 Å². The number of aromatic nitrogens is 1. The van der Waals surface area contributed by atoms with Crippen molar-refractivity contribution < 1.29 is 18.0 Å². The normalized spacial score (nSPS) is 18.9. The Hall–Kier alpha value is -2.40. The number of anilines is 2. The molecule has 11 heteroatoms. The van der Waals surface area contributed by atoms with E-state index in [0.717, 1.165) is 18.7 Å². The van der Waals surface area contributed by atoms with Crippen molar-refractivity contribution in [2.24, 2.45) is 5.92 Å². The van der Waals surface area contributed by atoms with Gasteiger partial charge in [-0.25, -0.2) is 18.2 Å². The second-order valence-corrected chi connectivity index (χ2v) is 9.77. The Kier molecular flexibility index (Phi) is 7.14. The Labute approximate surface area is 177 Å². The number of likely N-dealkylation sites (tertiary alicyclic amines) is 1. The molecule has 166 valence electrons. The standard InChI is InChI=1S/C19H30N6O4S/c1-20-18(26)13-15-5-7-24(8-6-15)19(27)22-16-3-4-17(21-14-16)23-9-11-25(12-10-23)30(2,28)29/h3-4,14-15H,5-13H2,1-2H3,(H,20,26)(H,22,27). The number of hydrogen-bond acceptors (Lipinski definition) is 6. The van der Waals surface area contributed by atoms with E-state index in [1.807, 2.05) is 17.0 Å². The maximum atomic E-state index is 12.5. The first kappa shape index (κ1) is 22.3. The number of nitrogens with zero attached hydrogens (tertiary/aromatic N) is 4. The van der Waals surface area contributed by atoms with E-state index >= 15 is 0 Å². The third-order valence-electron chi connectivity index (χ3n) is 5.69. The molecule has 30 heavy (non-hydrogen) atoms. The van der Waals surface area contributed by atoms with Crippen LogP contribution in [0.4, 0.5) is 16.3 Å². The fourth-order valence-corrected chi connectivity index (χ4v) is 4.63. The Bertz CT molecular complexity index is 844. The lowest BCUT2D eigenvalue weighted by Crippen LogP contribution is -2.48. The summed E-state index contributed by atoms with van der Waals surface area (Å²) < 4.78 is 24.7. The van der Waals surface area contributed by atoms with Gasteiger partial charge in [0.15, 0.2) is 0 Å². The van der Waals surface area contributed by atoms with E-state index in [9.17, 15) is 18.0 Å². The number of carbonyl (C=O) groups excluding carboxylic acids is 2. The van der Waals surface area contributed by atoms with Gasteiger partial charge >= 0.3 is 6.03 Å². The number of sulfonamides is 1. The maximum absolute atomic E-state index is 12.5. The number of hydrogen-bond donors (Lipinski definition) is 2. The van der Waals surface area contributed by atoms with Gasteiger partial charge in [0.1, 0.15) is 5.82 Å². The van der Waals surface area contributed by atoms with Crippen molar-refractivity contribution in [3.63, 3.8) is 0 Å². The van der Waals surface area contributed by atoms with Crippen LogP contribution in [0.25, 0.3) is 0 Å². The second-order valence-electron chi connectivity index (χ2n) is 7.79. The summed E-state index contributed by atoms with van der Waals surface area (Å²) in [5, 5.41) is 5.52. The van der Waals surface area contributed by atoms with Gasteiger partial charge in [-0.3, -0.25) is 4.79 Å². The Morgan fingerprint density at radius 1 is 1.10 bits per heavy atom. The average molecular weight is 439 g/mol. The third kappa shape index (κ3) is 5.82. The molecule has 1 aromatic heterocycles. The molecule has 3 heterocycles. The van der Waals surface area contributed by atoms with Gasteiger partial charge in [-0.15, -0.1) is 0 Å². The first-order valence-corrected chi connectivity index (χ1v) is 12.0. The van der Waals surface area contributed by atoms with Crippen LogP contribution in [0.5, 0.6) is 0 Å². The molecule has 2 fully saturated rings. The number of pyridine rings is 1. The summed E-state index contributed by atoms with van der Waals surface area (Å²) in [6, 6.07) is 3.48. The minimum absolute atomic E-state index is 0.0433.